The number of hydrogen-bond donors (Lipinski definition) is 2. The average molecular weight is 463 g/mol. The Morgan fingerprint density at radius 2 is 1.79 bits per heavy atom. The van der Waals surface area contributed by atoms with Gasteiger partial charge in [-0.15, -0.1) is 5.10 Å². The first-order valence-electron chi connectivity index (χ1n) is 10.9. The van der Waals surface area contributed by atoms with E-state index in [-0.39, 0.29) is 40.6 Å². The van der Waals surface area contributed by atoms with E-state index >= 15 is 0 Å². The van der Waals surface area contributed by atoms with Gasteiger partial charge in [-0.3, -0.25) is 19.0 Å². The number of nitrogens with two attached hydrogens (primary N) is 1. The van der Waals surface area contributed by atoms with Crippen LogP contribution in [0.3, 0.4) is 0 Å². The maximum absolute atomic E-state index is 13.5. The van der Waals surface area contributed by atoms with Crippen molar-refractivity contribution in [2.45, 2.75) is 33.9 Å². The van der Waals surface area contributed by atoms with Gasteiger partial charge in [0.15, 0.2) is 0 Å². The van der Waals surface area contributed by atoms with Crippen molar-refractivity contribution in [3.63, 3.8) is 0 Å². The topological polar surface area (TPSA) is 133 Å². The molecule has 0 bridgehead atoms. The van der Waals surface area contributed by atoms with Crippen LogP contribution >= 0.6 is 0 Å². The van der Waals surface area contributed by atoms with E-state index in [0.29, 0.717) is 12.1 Å². The van der Waals surface area contributed by atoms with Crippen LogP contribution in [0.5, 0.6) is 0 Å². The fourth-order valence-electron chi connectivity index (χ4n) is 3.72. The van der Waals surface area contributed by atoms with Crippen molar-refractivity contribution in [3.8, 4) is 0 Å². The maximum atomic E-state index is 13.5. The van der Waals surface area contributed by atoms with Crippen LogP contribution < -0.4 is 22.3 Å². The Morgan fingerprint density at radius 1 is 1.09 bits per heavy atom. The van der Waals surface area contributed by atoms with Gasteiger partial charge in [-0.25, -0.2) is 13.9 Å². The van der Waals surface area contributed by atoms with Crippen LogP contribution in [0.4, 0.5) is 0 Å². The summed E-state index contributed by atoms with van der Waals surface area (Å²) in [4.78, 5) is 50.8. The van der Waals surface area contributed by atoms with Crippen LogP contribution in [-0.4, -0.2) is 37.1 Å². The molecule has 3 N–H and O–H groups in total. The Morgan fingerprint density at radius 3 is 2.44 bits per heavy atom. The summed E-state index contributed by atoms with van der Waals surface area (Å²) < 4.78 is 3.55. The molecule has 0 atom stereocenters. The second kappa shape index (κ2) is 8.97. The molecule has 0 aliphatic rings. The maximum Gasteiger partial charge on any atom is 0.352 e. The van der Waals surface area contributed by atoms with Gasteiger partial charge >= 0.3 is 5.69 Å². The zero-order valence-electron chi connectivity index (χ0n) is 19.2. The lowest BCUT2D eigenvalue weighted by atomic mass is 10.1. The van der Waals surface area contributed by atoms with E-state index in [1.165, 1.54) is 21.1 Å². The Balaban J connectivity index is 1.96. The molecule has 2 aromatic carbocycles. The van der Waals surface area contributed by atoms with Crippen molar-refractivity contribution >= 4 is 28.5 Å². The number of amides is 2. The lowest BCUT2D eigenvalue weighted by Gasteiger charge is -2.12. The molecule has 10 nitrogen and oxygen atoms in total. The predicted octanol–water partition coefficient (Wildman–Crippen LogP) is 1.04. The summed E-state index contributed by atoms with van der Waals surface area (Å²) in [6.07, 6.45) is 0. The third kappa shape index (κ3) is 4.34. The lowest BCUT2D eigenvalue weighted by molar-refractivity contribution is -0.118. The number of primary amides is 1. The third-order valence-corrected chi connectivity index (χ3v) is 5.48. The van der Waals surface area contributed by atoms with Crippen molar-refractivity contribution in [2.75, 3.05) is 6.54 Å². The van der Waals surface area contributed by atoms with Gasteiger partial charge in [0.05, 0.1) is 17.4 Å². The summed E-state index contributed by atoms with van der Waals surface area (Å²) in [5.74, 6) is -0.732. The SMILES string of the molecule is Cc1ccc(Cn2c(=O)c3ccc(C(=O)NCC(C)C)cc3n3c(=O)n(CC(N)=O)nc23)cc1. The zero-order valence-corrected chi connectivity index (χ0v) is 19.2. The number of carbonyl (C=O) groups excluding carboxylic acids is 2. The monoisotopic (exact) mass is 462 g/mol. The number of hydrogen-bond acceptors (Lipinski definition) is 5. The number of aromatic nitrogens is 4. The van der Waals surface area contributed by atoms with Crippen molar-refractivity contribution < 1.29 is 9.59 Å². The van der Waals surface area contributed by atoms with Gasteiger partial charge in [0.1, 0.15) is 6.54 Å². The summed E-state index contributed by atoms with van der Waals surface area (Å²) in [5.41, 5.74) is 6.75. The lowest BCUT2D eigenvalue weighted by Crippen LogP contribution is -2.30. The van der Waals surface area contributed by atoms with E-state index in [1.54, 1.807) is 6.07 Å². The molecule has 34 heavy (non-hydrogen) atoms. The minimum atomic E-state index is -0.740. The minimum Gasteiger partial charge on any atom is -0.368 e. The van der Waals surface area contributed by atoms with Gasteiger partial charge in [0.2, 0.25) is 11.7 Å². The Bertz CT molecular complexity index is 1530. The molecule has 0 fully saturated rings. The van der Waals surface area contributed by atoms with E-state index in [1.807, 2.05) is 45.0 Å². The van der Waals surface area contributed by atoms with E-state index in [0.717, 1.165) is 15.8 Å². The number of nitrogens with one attached hydrogen (secondary N) is 1. The largest absolute Gasteiger partial charge is 0.368 e. The second-order valence-corrected chi connectivity index (χ2v) is 8.75. The van der Waals surface area contributed by atoms with E-state index in [9.17, 15) is 19.2 Å². The zero-order chi connectivity index (χ0) is 24.6. The first-order valence-corrected chi connectivity index (χ1v) is 10.9. The Kier molecular flexibility index (Phi) is 6.06. The molecule has 10 heteroatoms. The summed E-state index contributed by atoms with van der Waals surface area (Å²) in [6.45, 7) is 6.14. The molecule has 176 valence electrons. The third-order valence-electron chi connectivity index (χ3n) is 5.48. The molecule has 2 heterocycles. The number of aryl methyl sites for hydroxylation is 1. The molecule has 4 rings (SSSR count). The van der Waals surface area contributed by atoms with Gasteiger partial charge in [-0.2, -0.15) is 0 Å². The summed E-state index contributed by atoms with van der Waals surface area (Å²) in [5, 5.41) is 7.32. The highest BCUT2D eigenvalue weighted by Crippen LogP contribution is 2.16. The van der Waals surface area contributed by atoms with Crippen LogP contribution in [0.25, 0.3) is 16.7 Å². The molecule has 0 saturated carbocycles. The van der Waals surface area contributed by atoms with Crippen LogP contribution in [0.15, 0.2) is 52.1 Å². The molecular formula is C24H26N6O4. The van der Waals surface area contributed by atoms with Crippen LogP contribution in [0, 0.1) is 12.8 Å². The number of benzene rings is 2. The minimum absolute atomic E-state index is 0.0593. The van der Waals surface area contributed by atoms with Gasteiger partial charge in [-0.1, -0.05) is 43.7 Å². The molecule has 4 aromatic rings. The second-order valence-electron chi connectivity index (χ2n) is 8.75. The molecule has 2 amide bonds. The van der Waals surface area contributed by atoms with E-state index in [2.05, 4.69) is 10.4 Å². The highest BCUT2D eigenvalue weighted by molar-refractivity contribution is 5.98. The van der Waals surface area contributed by atoms with Crippen LogP contribution in [-0.2, 0) is 17.9 Å². The van der Waals surface area contributed by atoms with Crippen LogP contribution in [0.2, 0.25) is 0 Å². The molecule has 0 unspecified atom stereocenters. The number of rotatable bonds is 7. The van der Waals surface area contributed by atoms with Crippen LogP contribution in [0.1, 0.15) is 35.3 Å². The molecule has 0 aliphatic carbocycles. The fraction of sp³-hybridized carbons (Fsp3) is 0.292. The molecule has 0 radical (unpaired) electrons. The van der Waals surface area contributed by atoms with Crippen molar-refractivity contribution in [1.82, 2.24) is 24.1 Å². The number of carbonyl (C=O) groups is 2. The average Bonchev–Trinajstić information content (AvgIpc) is 3.11. The van der Waals surface area contributed by atoms with E-state index < -0.39 is 18.1 Å². The predicted molar refractivity (Wildman–Crippen MR) is 128 cm³/mol. The molecule has 0 saturated heterocycles. The van der Waals surface area contributed by atoms with Gasteiger partial charge in [-0.05, 0) is 36.6 Å². The normalized spacial score (nSPS) is 11.4. The summed E-state index contributed by atoms with van der Waals surface area (Å²) >= 11 is 0. The highest BCUT2D eigenvalue weighted by atomic mass is 16.2. The van der Waals surface area contributed by atoms with Gasteiger partial charge in [0, 0.05) is 12.1 Å². The van der Waals surface area contributed by atoms with Crippen molar-refractivity contribution in [2.24, 2.45) is 11.7 Å². The highest BCUT2D eigenvalue weighted by Gasteiger charge is 2.20. The number of nitrogens with zero attached hydrogens (tertiary/aromatic N) is 4. The van der Waals surface area contributed by atoms with E-state index in [4.69, 9.17) is 5.73 Å². The first kappa shape index (κ1) is 23.0. The van der Waals surface area contributed by atoms with Gasteiger partial charge in [0.25, 0.3) is 11.5 Å². The van der Waals surface area contributed by atoms with Gasteiger partial charge < -0.3 is 11.1 Å². The Labute approximate surface area is 194 Å². The smallest absolute Gasteiger partial charge is 0.352 e. The fourth-order valence-corrected chi connectivity index (χ4v) is 3.72. The molecule has 0 aliphatic heterocycles. The number of fused-ring (bicyclic) bond motifs is 3. The molecule has 2 aromatic heterocycles. The quantitative estimate of drug-likeness (QED) is 0.423. The summed E-state index contributed by atoms with van der Waals surface area (Å²) in [6, 6.07) is 12.2. The molecule has 0 spiro atoms. The summed E-state index contributed by atoms with van der Waals surface area (Å²) in [7, 11) is 0. The standard InChI is InChI=1S/C24H26N6O4/c1-14(2)11-26-21(32)17-8-9-18-19(10-17)30-23(27-29(24(30)34)13-20(25)31)28(22(18)33)12-16-6-4-15(3)5-7-16/h4-10,14H,11-13H2,1-3H3,(H2,25,31)(H,26,32). The van der Waals surface area contributed by atoms with Crippen molar-refractivity contribution in [3.05, 3.63) is 80.0 Å². The first-order chi connectivity index (χ1) is 16.2. The molecular weight excluding hydrogens is 436 g/mol. The Hall–Kier alpha value is -4.21. The van der Waals surface area contributed by atoms with Crippen molar-refractivity contribution in [1.29, 1.82) is 0 Å².